The zero-order valence-electron chi connectivity index (χ0n) is 10.1. The predicted molar refractivity (Wildman–Crippen MR) is 75.3 cm³/mol. The molecule has 0 radical (unpaired) electrons. The minimum Gasteiger partial charge on any atom is -0.471 e. The number of hydrogen-bond acceptors (Lipinski definition) is 3. The predicted octanol–water partition coefficient (Wildman–Crippen LogP) is 3.86. The van der Waals surface area contributed by atoms with Gasteiger partial charge in [0.05, 0.1) is 0 Å². The maximum Gasteiger partial charge on any atom is 0.241 e. The lowest BCUT2D eigenvalue weighted by atomic mass is 10.2. The molecule has 0 atom stereocenters. The summed E-state index contributed by atoms with van der Waals surface area (Å²) in [6.07, 6.45) is 0. The SMILES string of the molecule is Clc1nnc(OCc2ccccc2)c2ccccc12. The second-order valence-corrected chi connectivity index (χ2v) is 4.47. The van der Waals surface area contributed by atoms with Gasteiger partial charge in [0, 0.05) is 10.8 Å². The lowest BCUT2D eigenvalue weighted by Crippen LogP contribution is -1.99. The van der Waals surface area contributed by atoms with E-state index in [1.54, 1.807) is 0 Å². The van der Waals surface area contributed by atoms with E-state index in [2.05, 4.69) is 10.2 Å². The minimum atomic E-state index is 0.391. The third-order valence-corrected chi connectivity index (χ3v) is 3.11. The van der Waals surface area contributed by atoms with Gasteiger partial charge in [-0.3, -0.25) is 0 Å². The van der Waals surface area contributed by atoms with E-state index in [-0.39, 0.29) is 0 Å². The van der Waals surface area contributed by atoms with Crippen molar-refractivity contribution in [2.24, 2.45) is 0 Å². The molecule has 0 N–H and O–H groups in total. The molecule has 19 heavy (non-hydrogen) atoms. The van der Waals surface area contributed by atoms with Gasteiger partial charge in [0.15, 0.2) is 5.15 Å². The first-order chi connectivity index (χ1) is 9.34. The van der Waals surface area contributed by atoms with Gasteiger partial charge in [0.2, 0.25) is 5.88 Å². The Balaban J connectivity index is 1.91. The van der Waals surface area contributed by atoms with Gasteiger partial charge in [-0.05, 0) is 11.6 Å². The Labute approximate surface area is 115 Å². The third-order valence-electron chi connectivity index (χ3n) is 2.83. The quantitative estimate of drug-likeness (QED) is 0.725. The van der Waals surface area contributed by atoms with E-state index in [0.29, 0.717) is 17.6 Å². The second kappa shape index (κ2) is 5.24. The van der Waals surface area contributed by atoms with Crippen LogP contribution in [0.15, 0.2) is 54.6 Å². The molecule has 0 saturated carbocycles. The number of hydrogen-bond donors (Lipinski definition) is 0. The van der Waals surface area contributed by atoms with Crippen molar-refractivity contribution in [2.75, 3.05) is 0 Å². The molecule has 0 spiro atoms. The summed E-state index contributed by atoms with van der Waals surface area (Å²) in [4.78, 5) is 0. The Morgan fingerprint density at radius 2 is 1.53 bits per heavy atom. The van der Waals surface area contributed by atoms with E-state index in [0.717, 1.165) is 16.3 Å². The summed E-state index contributed by atoms with van der Waals surface area (Å²) in [5.41, 5.74) is 1.09. The van der Waals surface area contributed by atoms with Crippen molar-refractivity contribution in [2.45, 2.75) is 6.61 Å². The Hall–Kier alpha value is -2.13. The molecule has 3 rings (SSSR count). The third kappa shape index (κ3) is 2.51. The summed E-state index contributed by atoms with van der Waals surface area (Å²) in [7, 11) is 0. The van der Waals surface area contributed by atoms with Crippen LogP contribution in [0.1, 0.15) is 5.56 Å². The number of nitrogens with zero attached hydrogens (tertiary/aromatic N) is 2. The molecule has 3 aromatic rings. The first kappa shape index (κ1) is 11.9. The van der Waals surface area contributed by atoms with Crippen LogP contribution in [0, 0.1) is 0 Å². The van der Waals surface area contributed by atoms with Gasteiger partial charge in [0.1, 0.15) is 6.61 Å². The van der Waals surface area contributed by atoms with Crippen LogP contribution in [-0.2, 0) is 6.61 Å². The molecule has 0 aliphatic rings. The zero-order chi connectivity index (χ0) is 13.1. The van der Waals surface area contributed by atoms with Gasteiger partial charge in [-0.2, -0.15) is 0 Å². The van der Waals surface area contributed by atoms with Crippen LogP contribution in [0.2, 0.25) is 5.15 Å². The topological polar surface area (TPSA) is 35.0 Å². The molecule has 0 aliphatic heterocycles. The van der Waals surface area contributed by atoms with Crippen molar-refractivity contribution < 1.29 is 4.74 Å². The Bertz CT molecular complexity index is 701. The van der Waals surface area contributed by atoms with Crippen molar-refractivity contribution in [3.8, 4) is 5.88 Å². The molecule has 0 fully saturated rings. The number of benzene rings is 2. The first-order valence-electron chi connectivity index (χ1n) is 5.92. The van der Waals surface area contributed by atoms with Crippen LogP contribution in [0.4, 0.5) is 0 Å². The number of halogens is 1. The minimum absolute atomic E-state index is 0.391. The van der Waals surface area contributed by atoms with E-state index in [1.807, 2.05) is 54.6 Å². The van der Waals surface area contributed by atoms with E-state index in [9.17, 15) is 0 Å². The van der Waals surface area contributed by atoms with E-state index >= 15 is 0 Å². The molecule has 0 saturated heterocycles. The van der Waals surface area contributed by atoms with Gasteiger partial charge >= 0.3 is 0 Å². The van der Waals surface area contributed by atoms with Crippen LogP contribution in [0.25, 0.3) is 10.8 Å². The average molecular weight is 271 g/mol. The highest BCUT2D eigenvalue weighted by atomic mass is 35.5. The van der Waals surface area contributed by atoms with Crippen LogP contribution in [0.5, 0.6) is 5.88 Å². The highest BCUT2D eigenvalue weighted by Gasteiger charge is 2.08. The van der Waals surface area contributed by atoms with Crippen molar-refractivity contribution in [3.05, 3.63) is 65.3 Å². The van der Waals surface area contributed by atoms with E-state index in [1.165, 1.54) is 0 Å². The summed E-state index contributed by atoms with van der Waals surface area (Å²) in [6.45, 7) is 0.459. The Morgan fingerprint density at radius 3 is 2.32 bits per heavy atom. The average Bonchev–Trinajstić information content (AvgIpc) is 2.48. The molecule has 4 heteroatoms. The highest BCUT2D eigenvalue weighted by molar-refractivity contribution is 6.34. The summed E-state index contributed by atoms with van der Waals surface area (Å²) in [6, 6.07) is 17.6. The maximum atomic E-state index is 6.02. The molecular weight excluding hydrogens is 260 g/mol. The van der Waals surface area contributed by atoms with Crippen LogP contribution in [0.3, 0.4) is 0 Å². The maximum absolute atomic E-state index is 6.02. The fourth-order valence-corrected chi connectivity index (χ4v) is 2.08. The van der Waals surface area contributed by atoms with Crippen molar-refractivity contribution in [1.82, 2.24) is 10.2 Å². The molecule has 0 aliphatic carbocycles. The molecule has 2 aromatic carbocycles. The zero-order valence-corrected chi connectivity index (χ0v) is 10.8. The summed E-state index contributed by atoms with van der Waals surface area (Å²) in [5, 5.41) is 10.0. The number of fused-ring (bicyclic) bond motifs is 1. The lowest BCUT2D eigenvalue weighted by molar-refractivity contribution is 0.294. The second-order valence-electron chi connectivity index (χ2n) is 4.12. The number of rotatable bonds is 3. The largest absolute Gasteiger partial charge is 0.471 e. The monoisotopic (exact) mass is 270 g/mol. The van der Waals surface area contributed by atoms with Gasteiger partial charge < -0.3 is 4.74 Å². The molecule has 0 unspecified atom stereocenters. The van der Waals surface area contributed by atoms with Gasteiger partial charge in [-0.1, -0.05) is 60.1 Å². The number of aromatic nitrogens is 2. The number of ether oxygens (including phenoxy) is 1. The fourth-order valence-electron chi connectivity index (χ4n) is 1.88. The van der Waals surface area contributed by atoms with Gasteiger partial charge in [-0.15, -0.1) is 10.2 Å². The normalized spacial score (nSPS) is 10.6. The van der Waals surface area contributed by atoms with Crippen molar-refractivity contribution in [1.29, 1.82) is 0 Å². The standard InChI is InChI=1S/C15H11ClN2O/c16-14-12-8-4-5-9-13(12)15(18-17-14)19-10-11-6-2-1-3-7-11/h1-9H,10H2. The van der Waals surface area contributed by atoms with E-state index < -0.39 is 0 Å². The Kier molecular flexibility index (Phi) is 3.29. The molecular formula is C15H11ClN2O. The van der Waals surface area contributed by atoms with Crippen LogP contribution in [-0.4, -0.2) is 10.2 Å². The summed E-state index contributed by atoms with van der Waals surface area (Å²) in [5.74, 6) is 0.504. The van der Waals surface area contributed by atoms with Crippen molar-refractivity contribution in [3.63, 3.8) is 0 Å². The molecule has 1 heterocycles. The van der Waals surface area contributed by atoms with Crippen molar-refractivity contribution >= 4 is 22.4 Å². The molecule has 0 amide bonds. The fraction of sp³-hybridized carbons (Fsp3) is 0.0667. The molecule has 0 bridgehead atoms. The van der Waals surface area contributed by atoms with E-state index in [4.69, 9.17) is 16.3 Å². The highest BCUT2D eigenvalue weighted by Crippen LogP contribution is 2.27. The molecule has 1 aromatic heterocycles. The lowest BCUT2D eigenvalue weighted by Gasteiger charge is -2.08. The van der Waals surface area contributed by atoms with Crippen LogP contribution >= 0.6 is 11.6 Å². The Morgan fingerprint density at radius 1 is 0.842 bits per heavy atom. The smallest absolute Gasteiger partial charge is 0.241 e. The first-order valence-corrected chi connectivity index (χ1v) is 6.30. The summed E-state index contributed by atoms with van der Waals surface area (Å²) >= 11 is 6.02. The van der Waals surface area contributed by atoms with Gasteiger partial charge in [0.25, 0.3) is 0 Å². The molecule has 3 nitrogen and oxygen atoms in total. The van der Waals surface area contributed by atoms with Crippen LogP contribution < -0.4 is 4.74 Å². The van der Waals surface area contributed by atoms with Gasteiger partial charge in [-0.25, -0.2) is 0 Å². The molecule has 94 valence electrons. The summed E-state index contributed by atoms with van der Waals surface area (Å²) < 4.78 is 5.73.